The van der Waals surface area contributed by atoms with Crippen LogP contribution < -0.4 is 5.69 Å². The summed E-state index contributed by atoms with van der Waals surface area (Å²) in [5.41, 5.74) is 11.6. The summed E-state index contributed by atoms with van der Waals surface area (Å²) in [5, 5.41) is 0. The van der Waals surface area contributed by atoms with Crippen LogP contribution in [0.3, 0.4) is 0 Å². The molecule has 0 saturated carbocycles. The molecule has 8 rings (SSSR count). The van der Waals surface area contributed by atoms with E-state index in [2.05, 4.69) is 97.1 Å². The topological polar surface area (TPSA) is 52.7 Å². The van der Waals surface area contributed by atoms with Gasteiger partial charge in [-0.25, -0.2) is 14.8 Å². The Morgan fingerprint density at radius 1 is 0.468 bits per heavy atom. The van der Waals surface area contributed by atoms with Gasteiger partial charge < -0.3 is 0 Å². The summed E-state index contributed by atoms with van der Waals surface area (Å²) >= 11 is 0. The van der Waals surface area contributed by atoms with E-state index < -0.39 is 0 Å². The lowest BCUT2D eigenvalue weighted by molar-refractivity contribution is 0.847. The normalized spacial score (nSPS) is 11.2. The molecule has 0 spiro atoms. The van der Waals surface area contributed by atoms with E-state index in [1.807, 2.05) is 73.8 Å². The number of aryl methyl sites for hydroxylation is 1. The van der Waals surface area contributed by atoms with Gasteiger partial charge in [-0.3, -0.25) is 9.13 Å². The lowest BCUT2D eigenvalue weighted by Gasteiger charge is -2.11. The number of aromatic nitrogens is 4. The SMILES string of the molecule is Cn1c(=O)n(-c2ccccc2)c2cccc(-c3ccc(-c4cc(-c5ccccc5)nc(-c5ccc(-c6ccccc6)cc5)n4)cc3)c21. The fraction of sp³-hybridized carbons (Fsp3) is 0.0238. The van der Waals surface area contributed by atoms with Crippen molar-refractivity contribution >= 4 is 11.0 Å². The van der Waals surface area contributed by atoms with Gasteiger partial charge in [-0.15, -0.1) is 0 Å². The van der Waals surface area contributed by atoms with E-state index in [-0.39, 0.29) is 5.69 Å². The molecule has 5 heteroatoms. The molecule has 6 aromatic carbocycles. The third-order valence-electron chi connectivity index (χ3n) is 8.62. The van der Waals surface area contributed by atoms with E-state index in [0.29, 0.717) is 5.82 Å². The van der Waals surface area contributed by atoms with Crippen molar-refractivity contribution in [2.75, 3.05) is 0 Å². The first kappa shape index (κ1) is 28.2. The third-order valence-corrected chi connectivity index (χ3v) is 8.62. The fourth-order valence-electron chi connectivity index (χ4n) is 6.22. The summed E-state index contributed by atoms with van der Waals surface area (Å²) in [7, 11) is 1.84. The zero-order valence-electron chi connectivity index (χ0n) is 25.8. The van der Waals surface area contributed by atoms with E-state index in [1.165, 1.54) is 5.56 Å². The van der Waals surface area contributed by atoms with Gasteiger partial charge in [0.1, 0.15) is 0 Å². The van der Waals surface area contributed by atoms with Crippen LogP contribution in [0.15, 0.2) is 169 Å². The molecule has 0 aliphatic heterocycles. The summed E-state index contributed by atoms with van der Waals surface area (Å²) in [4.78, 5) is 23.5. The molecule has 0 bridgehead atoms. The van der Waals surface area contributed by atoms with Crippen molar-refractivity contribution in [3.05, 3.63) is 174 Å². The molecule has 5 nitrogen and oxygen atoms in total. The molecular formula is C42H30N4O. The van der Waals surface area contributed by atoms with Crippen LogP contribution in [0.25, 0.3) is 72.9 Å². The van der Waals surface area contributed by atoms with E-state index in [1.54, 1.807) is 9.13 Å². The van der Waals surface area contributed by atoms with Gasteiger partial charge in [0, 0.05) is 29.3 Å². The van der Waals surface area contributed by atoms with Gasteiger partial charge in [0.05, 0.1) is 28.1 Å². The van der Waals surface area contributed by atoms with Crippen molar-refractivity contribution in [3.8, 4) is 61.8 Å². The van der Waals surface area contributed by atoms with Crippen LogP contribution in [0.4, 0.5) is 0 Å². The molecule has 47 heavy (non-hydrogen) atoms. The molecular weight excluding hydrogens is 576 g/mol. The van der Waals surface area contributed by atoms with Crippen molar-refractivity contribution < 1.29 is 0 Å². The maximum absolute atomic E-state index is 13.4. The molecule has 0 saturated heterocycles. The van der Waals surface area contributed by atoms with Crippen LogP contribution in [0.2, 0.25) is 0 Å². The molecule has 224 valence electrons. The molecule has 0 fully saturated rings. The summed E-state index contributed by atoms with van der Waals surface area (Å²) < 4.78 is 3.50. The van der Waals surface area contributed by atoms with Gasteiger partial charge in [0.15, 0.2) is 5.82 Å². The Hall–Kier alpha value is -6.33. The Balaban J connectivity index is 1.20. The summed E-state index contributed by atoms with van der Waals surface area (Å²) in [5.74, 6) is 0.673. The molecule has 2 aromatic heterocycles. The zero-order valence-corrected chi connectivity index (χ0v) is 25.8. The summed E-state index contributed by atoms with van der Waals surface area (Å²) in [6.07, 6.45) is 0. The van der Waals surface area contributed by atoms with Crippen LogP contribution >= 0.6 is 0 Å². The highest BCUT2D eigenvalue weighted by Crippen LogP contribution is 2.33. The van der Waals surface area contributed by atoms with Gasteiger partial charge in [0.2, 0.25) is 0 Å². The molecule has 0 N–H and O–H groups in total. The van der Waals surface area contributed by atoms with Crippen molar-refractivity contribution in [1.29, 1.82) is 0 Å². The van der Waals surface area contributed by atoms with Gasteiger partial charge >= 0.3 is 5.69 Å². The number of fused-ring (bicyclic) bond motifs is 1. The molecule has 0 amide bonds. The number of hydrogen-bond acceptors (Lipinski definition) is 3. The highest BCUT2D eigenvalue weighted by atomic mass is 16.1. The third kappa shape index (κ3) is 5.24. The Kier molecular flexibility index (Phi) is 7.12. The molecule has 8 aromatic rings. The maximum Gasteiger partial charge on any atom is 0.333 e. The number of hydrogen-bond donors (Lipinski definition) is 0. The predicted molar refractivity (Wildman–Crippen MR) is 191 cm³/mol. The van der Waals surface area contributed by atoms with E-state index in [4.69, 9.17) is 9.97 Å². The minimum absolute atomic E-state index is 0.0750. The van der Waals surface area contributed by atoms with Gasteiger partial charge in [-0.05, 0) is 41.0 Å². The highest BCUT2D eigenvalue weighted by Gasteiger charge is 2.17. The number of benzene rings is 6. The monoisotopic (exact) mass is 606 g/mol. The highest BCUT2D eigenvalue weighted by molar-refractivity contribution is 5.94. The second kappa shape index (κ2) is 11.9. The minimum Gasteiger partial charge on any atom is -0.294 e. The lowest BCUT2D eigenvalue weighted by atomic mass is 10.00. The van der Waals surface area contributed by atoms with Crippen LogP contribution in [0.1, 0.15) is 0 Å². The van der Waals surface area contributed by atoms with Crippen LogP contribution in [0, 0.1) is 0 Å². The van der Waals surface area contributed by atoms with E-state index in [9.17, 15) is 4.79 Å². The van der Waals surface area contributed by atoms with Gasteiger partial charge in [0.25, 0.3) is 0 Å². The molecule has 0 unspecified atom stereocenters. The Labute approximate surface area is 272 Å². The average molecular weight is 607 g/mol. The second-order valence-electron chi connectivity index (χ2n) is 11.5. The Morgan fingerprint density at radius 2 is 0.957 bits per heavy atom. The predicted octanol–water partition coefficient (Wildman–Crippen LogP) is 9.45. The van der Waals surface area contributed by atoms with Crippen molar-refractivity contribution in [2.24, 2.45) is 7.05 Å². The van der Waals surface area contributed by atoms with E-state index in [0.717, 1.165) is 61.5 Å². The second-order valence-corrected chi connectivity index (χ2v) is 11.5. The summed E-state index contributed by atoms with van der Waals surface area (Å²) in [6, 6.07) is 55.3. The summed E-state index contributed by atoms with van der Waals surface area (Å²) in [6.45, 7) is 0. The quantitative estimate of drug-likeness (QED) is 0.189. The Bertz CT molecular complexity index is 2390. The number of rotatable bonds is 6. The molecule has 0 radical (unpaired) electrons. The Morgan fingerprint density at radius 3 is 1.60 bits per heavy atom. The molecule has 0 atom stereocenters. The standard InChI is InChI=1S/C42H30N4O/c1-45-40-36(18-11-19-39(40)46(42(45)47)35-16-9-4-10-17-35)31-22-24-33(25-23-31)38-28-37(32-14-7-3-8-15-32)43-41(44-38)34-26-20-30(21-27-34)29-12-5-2-6-13-29/h2-28H,1H3. The molecule has 0 aliphatic rings. The average Bonchev–Trinajstić information content (AvgIpc) is 3.41. The van der Waals surface area contributed by atoms with Gasteiger partial charge in [-0.2, -0.15) is 0 Å². The number of nitrogens with zero attached hydrogens (tertiary/aromatic N) is 4. The molecule has 0 aliphatic carbocycles. The van der Waals surface area contributed by atoms with E-state index >= 15 is 0 Å². The minimum atomic E-state index is -0.0750. The van der Waals surface area contributed by atoms with Gasteiger partial charge in [-0.1, -0.05) is 140 Å². The first-order valence-electron chi connectivity index (χ1n) is 15.6. The van der Waals surface area contributed by atoms with Crippen molar-refractivity contribution in [3.63, 3.8) is 0 Å². The maximum atomic E-state index is 13.4. The fourth-order valence-corrected chi connectivity index (χ4v) is 6.22. The van der Waals surface area contributed by atoms with Crippen molar-refractivity contribution in [2.45, 2.75) is 0 Å². The van der Waals surface area contributed by atoms with Crippen LogP contribution in [-0.4, -0.2) is 19.1 Å². The first-order valence-corrected chi connectivity index (χ1v) is 15.6. The van der Waals surface area contributed by atoms with Crippen LogP contribution in [-0.2, 0) is 7.05 Å². The number of imidazole rings is 1. The largest absolute Gasteiger partial charge is 0.333 e. The lowest BCUT2D eigenvalue weighted by Crippen LogP contribution is -2.20. The number of para-hydroxylation sites is 2. The first-order chi connectivity index (χ1) is 23.1. The smallest absolute Gasteiger partial charge is 0.294 e. The zero-order chi connectivity index (χ0) is 31.7. The molecule has 2 heterocycles. The van der Waals surface area contributed by atoms with Crippen molar-refractivity contribution in [1.82, 2.24) is 19.1 Å². The van der Waals surface area contributed by atoms with Crippen LogP contribution in [0.5, 0.6) is 0 Å².